The van der Waals surface area contributed by atoms with E-state index in [1.165, 1.54) is 11.6 Å². The molecule has 1 aliphatic rings. The maximum absolute atomic E-state index is 12.9. The van der Waals surface area contributed by atoms with Gasteiger partial charge in [-0.3, -0.25) is 9.59 Å². The summed E-state index contributed by atoms with van der Waals surface area (Å²) in [7, 11) is 0. The van der Waals surface area contributed by atoms with Gasteiger partial charge in [-0.05, 0) is 44.6 Å². The van der Waals surface area contributed by atoms with Gasteiger partial charge in [-0.15, -0.1) is 0 Å². The molecule has 0 saturated carbocycles. The Kier molecular flexibility index (Phi) is 5.14. The summed E-state index contributed by atoms with van der Waals surface area (Å²) in [6, 6.07) is 12.1. The van der Waals surface area contributed by atoms with Crippen molar-refractivity contribution in [1.29, 1.82) is 0 Å². The number of nitrogens with one attached hydrogen (secondary N) is 1. The topological polar surface area (TPSA) is 53.2 Å². The van der Waals surface area contributed by atoms with Gasteiger partial charge in [0.2, 0.25) is 0 Å². The summed E-state index contributed by atoms with van der Waals surface area (Å²) in [4.78, 5) is 29.9. The van der Waals surface area contributed by atoms with Crippen molar-refractivity contribution in [2.24, 2.45) is 0 Å². The predicted octanol–water partition coefficient (Wildman–Crippen LogP) is 3.31. The second-order valence-corrected chi connectivity index (χ2v) is 6.57. The van der Waals surface area contributed by atoms with Crippen molar-refractivity contribution < 1.29 is 4.79 Å². The molecule has 1 aromatic carbocycles. The van der Waals surface area contributed by atoms with E-state index in [-0.39, 0.29) is 22.9 Å². The SMILES string of the molecule is Cc1cc(=O)c(C(=O)N2CCCC[C@@H]2CCc2ccccc2)c[nH]1. The normalized spacial score (nSPS) is 17.7. The lowest BCUT2D eigenvalue weighted by atomic mass is 9.95. The van der Waals surface area contributed by atoms with Gasteiger partial charge in [0.1, 0.15) is 5.56 Å². The van der Waals surface area contributed by atoms with Crippen LogP contribution in [0.4, 0.5) is 0 Å². The molecule has 1 aliphatic heterocycles. The molecule has 0 unspecified atom stereocenters. The molecule has 24 heavy (non-hydrogen) atoms. The molecule has 0 bridgehead atoms. The Bertz CT molecular complexity index is 752. The molecule has 126 valence electrons. The second-order valence-electron chi connectivity index (χ2n) is 6.57. The minimum absolute atomic E-state index is 0.131. The molecule has 1 atom stereocenters. The molecule has 1 aromatic heterocycles. The van der Waals surface area contributed by atoms with Crippen molar-refractivity contribution in [3.63, 3.8) is 0 Å². The number of aromatic amines is 1. The monoisotopic (exact) mass is 324 g/mol. The number of benzene rings is 1. The van der Waals surface area contributed by atoms with E-state index in [4.69, 9.17) is 0 Å². The lowest BCUT2D eigenvalue weighted by Crippen LogP contribution is -2.45. The van der Waals surface area contributed by atoms with Crippen LogP contribution in [0, 0.1) is 6.92 Å². The van der Waals surface area contributed by atoms with Gasteiger partial charge in [-0.1, -0.05) is 30.3 Å². The van der Waals surface area contributed by atoms with Crippen molar-refractivity contribution in [3.05, 3.63) is 69.6 Å². The summed E-state index contributed by atoms with van der Waals surface area (Å²) in [5.74, 6) is -0.131. The number of piperidine rings is 1. The number of hydrogen-bond donors (Lipinski definition) is 1. The number of rotatable bonds is 4. The van der Waals surface area contributed by atoms with Gasteiger partial charge in [0, 0.05) is 30.5 Å². The van der Waals surface area contributed by atoms with Crippen LogP contribution in [0.15, 0.2) is 47.4 Å². The third-order valence-electron chi connectivity index (χ3n) is 4.78. The van der Waals surface area contributed by atoms with Crippen molar-refractivity contribution >= 4 is 5.91 Å². The number of carbonyl (C=O) groups excluding carboxylic acids is 1. The first kappa shape index (κ1) is 16.5. The molecule has 3 rings (SSSR count). The van der Waals surface area contributed by atoms with Crippen molar-refractivity contribution in [2.45, 2.75) is 45.1 Å². The summed E-state index contributed by atoms with van der Waals surface area (Å²) in [5, 5.41) is 0. The molecule has 0 spiro atoms. The molecule has 0 aliphatic carbocycles. The molecule has 1 saturated heterocycles. The number of nitrogens with zero attached hydrogens (tertiary/aromatic N) is 1. The number of hydrogen-bond acceptors (Lipinski definition) is 2. The van der Waals surface area contributed by atoms with Crippen molar-refractivity contribution in [3.8, 4) is 0 Å². The number of amides is 1. The number of H-pyrrole nitrogens is 1. The summed E-state index contributed by atoms with van der Waals surface area (Å²) in [6.07, 6.45) is 6.63. The minimum atomic E-state index is -0.191. The third kappa shape index (κ3) is 3.75. The van der Waals surface area contributed by atoms with Crippen LogP contribution < -0.4 is 5.43 Å². The molecule has 2 aromatic rings. The van der Waals surface area contributed by atoms with Crippen LogP contribution in [-0.4, -0.2) is 28.4 Å². The number of aryl methyl sites for hydroxylation is 2. The third-order valence-corrected chi connectivity index (χ3v) is 4.78. The highest BCUT2D eigenvalue weighted by atomic mass is 16.2. The van der Waals surface area contributed by atoms with Gasteiger partial charge in [-0.25, -0.2) is 0 Å². The van der Waals surface area contributed by atoms with E-state index in [1.807, 2.05) is 30.0 Å². The maximum atomic E-state index is 12.9. The predicted molar refractivity (Wildman–Crippen MR) is 95.2 cm³/mol. The van der Waals surface area contributed by atoms with E-state index in [2.05, 4.69) is 17.1 Å². The highest BCUT2D eigenvalue weighted by Gasteiger charge is 2.28. The highest BCUT2D eigenvalue weighted by molar-refractivity contribution is 5.94. The maximum Gasteiger partial charge on any atom is 0.259 e. The lowest BCUT2D eigenvalue weighted by molar-refractivity contribution is 0.0600. The van der Waals surface area contributed by atoms with Crippen LogP contribution in [0.1, 0.15) is 47.3 Å². The van der Waals surface area contributed by atoms with Gasteiger partial charge in [0.15, 0.2) is 5.43 Å². The molecule has 4 nitrogen and oxygen atoms in total. The fraction of sp³-hybridized carbons (Fsp3) is 0.400. The standard InChI is InChI=1S/C20H24N2O2/c1-15-13-19(23)18(14-21-15)20(24)22-12-6-5-9-17(22)11-10-16-7-3-2-4-8-16/h2-4,7-8,13-14,17H,5-6,9-12H2,1H3,(H,21,23)/t17-/m1/s1. The zero-order valence-electron chi connectivity index (χ0n) is 14.1. The summed E-state index contributed by atoms with van der Waals surface area (Å²) in [6.45, 7) is 2.56. The summed E-state index contributed by atoms with van der Waals surface area (Å²) < 4.78 is 0. The number of pyridine rings is 1. The zero-order valence-corrected chi connectivity index (χ0v) is 14.1. The Labute approximate surface area is 142 Å². The lowest BCUT2D eigenvalue weighted by Gasteiger charge is -2.36. The molecule has 4 heteroatoms. The van der Waals surface area contributed by atoms with Crippen LogP contribution >= 0.6 is 0 Å². The Morgan fingerprint density at radius 2 is 2.04 bits per heavy atom. The molecular formula is C20H24N2O2. The first-order chi connectivity index (χ1) is 11.6. The average molecular weight is 324 g/mol. The molecule has 0 radical (unpaired) electrons. The van der Waals surface area contributed by atoms with E-state index >= 15 is 0 Å². The first-order valence-electron chi connectivity index (χ1n) is 8.69. The highest BCUT2D eigenvalue weighted by Crippen LogP contribution is 2.22. The summed E-state index contributed by atoms with van der Waals surface area (Å²) in [5.41, 5.74) is 2.13. The van der Waals surface area contributed by atoms with Gasteiger partial charge in [-0.2, -0.15) is 0 Å². The van der Waals surface area contributed by atoms with E-state index in [0.717, 1.165) is 44.3 Å². The Morgan fingerprint density at radius 1 is 1.25 bits per heavy atom. The van der Waals surface area contributed by atoms with Gasteiger partial charge < -0.3 is 9.88 Å². The van der Waals surface area contributed by atoms with Gasteiger partial charge >= 0.3 is 0 Å². The quantitative estimate of drug-likeness (QED) is 0.938. The molecular weight excluding hydrogens is 300 g/mol. The van der Waals surface area contributed by atoms with Crippen LogP contribution in [0.3, 0.4) is 0 Å². The minimum Gasteiger partial charge on any atom is -0.364 e. The fourth-order valence-corrected chi connectivity index (χ4v) is 3.44. The van der Waals surface area contributed by atoms with E-state index < -0.39 is 0 Å². The van der Waals surface area contributed by atoms with Crippen molar-refractivity contribution in [2.75, 3.05) is 6.54 Å². The zero-order chi connectivity index (χ0) is 16.9. The average Bonchev–Trinajstić information content (AvgIpc) is 2.60. The molecule has 1 fully saturated rings. The largest absolute Gasteiger partial charge is 0.364 e. The molecule has 1 amide bonds. The Morgan fingerprint density at radius 3 is 2.79 bits per heavy atom. The number of likely N-dealkylation sites (tertiary alicyclic amines) is 1. The van der Waals surface area contributed by atoms with Crippen LogP contribution in [0.25, 0.3) is 0 Å². The Balaban J connectivity index is 1.74. The van der Waals surface area contributed by atoms with Crippen molar-refractivity contribution in [1.82, 2.24) is 9.88 Å². The summed E-state index contributed by atoms with van der Waals surface area (Å²) >= 11 is 0. The first-order valence-corrected chi connectivity index (χ1v) is 8.69. The van der Waals surface area contributed by atoms with E-state index in [9.17, 15) is 9.59 Å². The molecule has 1 N–H and O–H groups in total. The van der Waals surface area contributed by atoms with Crippen LogP contribution in [-0.2, 0) is 6.42 Å². The van der Waals surface area contributed by atoms with Crippen LogP contribution in [0.2, 0.25) is 0 Å². The van der Waals surface area contributed by atoms with Crippen LogP contribution in [0.5, 0.6) is 0 Å². The number of carbonyl (C=O) groups is 1. The fourth-order valence-electron chi connectivity index (χ4n) is 3.44. The Hall–Kier alpha value is -2.36. The smallest absolute Gasteiger partial charge is 0.259 e. The second kappa shape index (κ2) is 7.47. The van der Waals surface area contributed by atoms with Gasteiger partial charge in [0.25, 0.3) is 5.91 Å². The van der Waals surface area contributed by atoms with Gasteiger partial charge in [0.05, 0.1) is 0 Å². The van der Waals surface area contributed by atoms with E-state index in [0.29, 0.717) is 0 Å². The molecule has 2 heterocycles. The van der Waals surface area contributed by atoms with E-state index in [1.54, 1.807) is 6.20 Å². The number of aromatic nitrogens is 1.